The van der Waals surface area contributed by atoms with E-state index in [1.807, 2.05) is 7.05 Å². The van der Waals surface area contributed by atoms with Gasteiger partial charge in [-0.05, 0) is 12.8 Å². The maximum absolute atomic E-state index is 4.70. The molecule has 3 rings (SSSR count). The van der Waals surface area contributed by atoms with Gasteiger partial charge in [0, 0.05) is 51.8 Å². The number of aryl methyl sites for hydroxylation is 1. The second kappa shape index (κ2) is 6.60. The van der Waals surface area contributed by atoms with Gasteiger partial charge in [-0.2, -0.15) is 0 Å². The van der Waals surface area contributed by atoms with E-state index in [0.29, 0.717) is 0 Å². The summed E-state index contributed by atoms with van der Waals surface area (Å²) in [6, 6.07) is 2.92. The fourth-order valence-electron chi connectivity index (χ4n) is 3.52. The van der Waals surface area contributed by atoms with Gasteiger partial charge in [-0.25, -0.2) is 9.97 Å². The largest absolute Gasteiger partial charge is 0.373 e. The van der Waals surface area contributed by atoms with Gasteiger partial charge in [0.05, 0.1) is 0 Å². The summed E-state index contributed by atoms with van der Waals surface area (Å²) in [6.45, 7) is 6.62. The number of anilines is 2. The first kappa shape index (κ1) is 14.6. The summed E-state index contributed by atoms with van der Waals surface area (Å²) in [7, 11) is 1.92. The highest BCUT2D eigenvalue weighted by Crippen LogP contribution is 2.25. The second-order valence-electron chi connectivity index (χ2n) is 6.09. The normalized spacial score (nSPS) is 21.0. The van der Waals surface area contributed by atoms with Crippen LogP contribution in [0.15, 0.2) is 6.07 Å². The zero-order chi connectivity index (χ0) is 14.7. The Morgan fingerprint density at radius 2 is 1.86 bits per heavy atom. The molecule has 1 N–H and O–H groups in total. The predicted molar refractivity (Wildman–Crippen MR) is 87.0 cm³/mol. The van der Waals surface area contributed by atoms with Crippen LogP contribution in [0.2, 0.25) is 0 Å². The predicted octanol–water partition coefficient (Wildman–Crippen LogP) is 2.15. The minimum absolute atomic E-state index is 0.844. The third-order valence-electron chi connectivity index (χ3n) is 4.81. The Bertz CT molecular complexity index is 439. The van der Waals surface area contributed by atoms with Gasteiger partial charge >= 0.3 is 0 Å². The Hall–Kier alpha value is -1.36. The highest BCUT2D eigenvalue weighted by atomic mass is 15.3. The summed E-state index contributed by atoms with van der Waals surface area (Å²) in [5.74, 6) is 2.93. The fraction of sp³-hybridized carbons (Fsp3) is 0.750. The lowest BCUT2D eigenvalue weighted by Gasteiger charge is -2.38. The van der Waals surface area contributed by atoms with Crippen LogP contribution in [0.5, 0.6) is 0 Å². The quantitative estimate of drug-likeness (QED) is 0.920. The third kappa shape index (κ3) is 3.28. The average Bonchev–Trinajstić information content (AvgIpc) is 3.09. The Morgan fingerprint density at radius 1 is 1.14 bits per heavy atom. The molecule has 5 nitrogen and oxygen atoms in total. The van der Waals surface area contributed by atoms with Crippen LogP contribution in [0.1, 0.15) is 38.4 Å². The smallest absolute Gasteiger partial charge is 0.134 e. The van der Waals surface area contributed by atoms with Crippen molar-refractivity contribution in [2.45, 2.75) is 45.1 Å². The van der Waals surface area contributed by atoms with Crippen LogP contribution < -0.4 is 10.2 Å². The number of nitrogens with one attached hydrogen (secondary N) is 1. The molecule has 0 bridgehead atoms. The molecule has 0 amide bonds. The van der Waals surface area contributed by atoms with Gasteiger partial charge in [0.2, 0.25) is 0 Å². The van der Waals surface area contributed by atoms with E-state index < -0.39 is 0 Å². The lowest BCUT2D eigenvalue weighted by molar-refractivity contribution is 0.187. The van der Waals surface area contributed by atoms with E-state index >= 15 is 0 Å². The van der Waals surface area contributed by atoms with E-state index in [2.05, 4.69) is 33.1 Å². The SMILES string of the molecule is CCc1nc(NC)cc(N2CCN(C3CCCC3)CC2)n1. The lowest BCUT2D eigenvalue weighted by Crippen LogP contribution is -2.50. The van der Waals surface area contributed by atoms with Gasteiger partial charge in [-0.1, -0.05) is 19.8 Å². The van der Waals surface area contributed by atoms with Crippen molar-refractivity contribution in [3.8, 4) is 0 Å². The minimum atomic E-state index is 0.844. The number of rotatable bonds is 4. The molecule has 0 spiro atoms. The monoisotopic (exact) mass is 289 g/mol. The molecule has 1 aromatic heterocycles. The van der Waals surface area contributed by atoms with Crippen LogP contribution in [0, 0.1) is 0 Å². The molecule has 116 valence electrons. The van der Waals surface area contributed by atoms with Crippen LogP contribution in [0.3, 0.4) is 0 Å². The van der Waals surface area contributed by atoms with Gasteiger partial charge in [-0.15, -0.1) is 0 Å². The molecule has 5 heteroatoms. The summed E-state index contributed by atoms with van der Waals surface area (Å²) < 4.78 is 0. The van der Waals surface area contributed by atoms with Crippen molar-refractivity contribution >= 4 is 11.6 Å². The molecule has 1 aliphatic carbocycles. The maximum atomic E-state index is 4.70. The molecule has 0 unspecified atom stereocenters. The standard InChI is InChI=1S/C16H27N5/c1-3-14-18-15(17-2)12-16(19-14)21-10-8-20(9-11-21)13-6-4-5-7-13/h12-13H,3-11H2,1-2H3,(H,17,18,19). The molecule has 2 aliphatic rings. The van der Waals surface area contributed by atoms with E-state index in [-0.39, 0.29) is 0 Å². The average molecular weight is 289 g/mol. The van der Waals surface area contributed by atoms with Crippen LogP contribution in [-0.4, -0.2) is 54.1 Å². The molecular formula is C16H27N5. The lowest BCUT2D eigenvalue weighted by atomic mass is 10.2. The summed E-state index contributed by atoms with van der Waals surface area (Å²) in [4.78, 5) is 14.3. The zero-order valence-corrected chi connectivity index (χ0v) is 13.3. The molecular weight excluding hydrogens is 262 g/mol. The molecule has 0 atom stereocenters. The Morgan fingerprint density at radius 3 is 2.48 bits per heavy atom. The molecule has 0 aromatic carbocycles. The van der Waals surface area contributed by atoms with E-state index in [0.717, 1.165) is 43.0 Å². The molecule has 2 fully saturated rings. The molecule has 1 aliphatic heterocycles. The van der Waals surface area contributed by atoms with E-state index in [1.165, 1.54) is 38.8 Å². The fourth-order valence-corrected chi connectivity index (χ4v) is 3.52. The van der Waals surface area contributed by atoms with Crippen LogP contribution in [0.25, 0.3) is 0 Å². The molecule has 2 heterocycles. The number of piperazine rings is 1. The minimum Gasteiger partial charge on any atom is -0.373 e. The van der Waals surface area contributed by atoms with Gasteiger partial charge in [0.1, 0.15) is 17.5 Å². The van der Waals surface area contributed by atoms with Crippen LogP contribution in [-0.2, 0) is 6.42 Å². The van der Waals surface area contributed by atoms with Crippen LogP contribution in [0.4, 0.5) is 11.6 Å². The van der Waals surface area contributed by atoms with Crippen molar-refractivity contribution in [1.82, 2.24) is 14.9 Å². The third-order valence-corrected chi connectivity index (χ3v) is 4.81. The number of nitrogens with zero attached hydrogens (tertiary/aromatic N) is 4. The number of aromatic nitrogens is 2. The molecule has 21 heavy (non-hydrogen) atoms. The van der Waals surface area contributed by atoms with Crippen LogP contribution >= 0.6 is 0 Å². The molecule has 1 saturated heterocycles. The molecule has 1 saturated carbocycles. The van der Waals surface area contributed by atoms with E-state index in [1.54, 1.807) is 0 Å². The van der Waals surface area contributed by atoms with Gasteiger partial charge < -0.3 is 10.2 Å². The van der Waals surface area contributed by atoms with Crippen molar-refractivity contribution < 1.29 is 0 Å². The van der Waals surface area contributed by atoms with Gasteiger partial charge in [0.15, 0.2) is 0 Å². The molecule has 1 aromatic rings. The highest BCUT2D eigenvalue weighted by molar-refractivity contribution is 5.49. The summed E-state index contributed by atoms with van der Waals surface area (Å²) in [5, 5.41) is 3.15. The van der Waals surface area contributed by atoms with E-state index in [9.17, 15) is 0 Å². The topological polar surface area (TPSA) is 44.3 Å². The summed E-state index contributed by atoms with van der Waals surface area (Å²) in [5.41, 5.74) is 0. The van der Waals surface area contributed by atoms with Gasteiger partial charge in [0.25, 0.3) is 0 Å². The van der Waals surface area contributed by atoms with Crippen molar-refractivity contribution in [2.24, 2.45) is 0 Å². The first-order chi connectivity index (χ1) is 10.3. The summed E-state index contributed by atoms with van der Waals surface area (Å²) in [6.07, 6.45) is 6.52. The first-order valence-corrected chi connectivity index (χ1v) is 8.35. The van der Waals surface area contributed by atoms with Crippen molar-refractivity contribution in [3.05, 3.63) is 11.9 Å². The highest BCUT2D eigenvalue weighted by Gasteiger charge is 2.26. The Kier molecular flexibility index (Phi) is 4.58. The Balaban J connectivity index is 1.65. The van der Waals surface area contributed by atoms with Crippen molar-refractivity contribution in [1.29, 1.82) is 0 Å². The van der Waals surface area contributed by atoms with Crippen molar-refractivity contribution in [2.75, 3.05) is 43.4 Å². The first-order valence-electron chi connectivity index (χ1n) is 8.35. The van der Waals surface area contributed by atoms with Crippen molar-refractivity contribution in [3.63, 3.8) is 0 Å². The van der Waals surface area contributed by atoms with Gasteiger partial charge in [-0.3, -0.25) is 4.90 Å². The maximum Gasteiger partial charge on any atom is 0.134 e. The zero-order valence-electron chi connectivity index (χ0n) is 13.3. The Labute approximate surface area is 127 Å². The summed E-state index contributed by atoms with van der Waals surface area (Å²) >= 11 is 0. The number of hydrogen-bond donors (Lipinski definition) is 1. The second-order valence-corrected chi connectivity index (χ2v) is 6.09. The number of hydrogen-bond acceptors (Lipinski definition) is 5. The van der Waals surface area contributed by atoms with E-state index in [4.69, 9.17) is 4.98 Å². The molecule has 0 radical (unpaired) electrons.